The van der Waals surface area contributed by atoms with E-state index in [1.165, 1.54) is 11.3 Å². The maximum atomic E-state index is 11.7. The fraction of sp³-hybridized carbons (Fsp3) is 0.500. The van der Waals surface area contributed by atoms with Crippen LogP contribution in [0.3, 0.4) is 0 Å². The summed E-state index contributed by atoms with van der Waals surface area (Å²) in [7, 11) is 1.60. The molecule has 0 atom stereocenters. The third kappa shape index (κ3) is 2.70. The molecule has 3 N–H and O–H groups in total. The standard InChI is InChI=1S/C10H16N2O2S/c1-6-7(2)15-9(11)8(6)10(13)12-4-5-14-3/h4-5,11H2,1-3H3,(H,12,13). The number of carbonyl (C=O) groups is 1. The van der Waals surface area contributed by atoms with Crippen LogP contribution >= 0.6 is 11.3 Å². The Bertz CT molecular complexity index is 361. The Morgan fingerprint density at radius 1 is 1.53 bits per heavy atom. The highest BCUT2D eigenvalue weighted by Crippen LogP contribution is 2.29. The maximum absolute atomic E-state index is 11.7. The molecular weight excluding hydrogens is 212 g/mol. The Labute approximate surface area is 93.4 Å². The van der Waals surface area contributed by atoms with E-state index in [9.17, 15) is 4.79 Å². The average molecular weight is 228 g/mol. The summed E-state index contributed by atoms with van der Waals surface area (Å²) in [5.74, 6) is -0.119. The van der Waals surface area contributed by atoms with Crippen LogP contribution in [-0.2, 0) is 4.74 Å². The molecule has 0 bridgehead atoms. The van der Waals surface area contributed by atoms with Crippen molar-refractivity contribution >= 4 is 22.2 Å². The zero-order valence-corrected chi connectivity index (χ0v) is 10.0. The van der Waals surface area contributed by atoms with E-state index in [2.05, 4.69) is 5.32 Å². The lowest BCUT2D eigenvalue weighted by Gasteiger charge is -2.04. The number of ether oxygens (including phenoxy) is 1. The van der Waals surface area contributed by atoms with E-state index < -0.39 is 0 Å². The number of rotatable bonds is 4. The Hall–Kier alpha value is -1.07. The van der Waals surface area contributed by atoms with Gasteiger partial charge < -0.3 is 15.8 Å². The van der Waals surface area contributed by atoms with Crippen molar-refractivity contribution < 1.29 is 9.53 Å². The summed E-state index contributed by atoms with van der Waals surface area (Å²) in [6.45, 7) is 4.88. The third-order valence-electron chi connectivity index (χ3n) is 2.23. The van der Waals surface area contributed by atoms with E-state index in [0.717, 1.165) is 10.4 Å². The van der Waals surface area contributed by atoms with Gasteiger partial charge in [-0.05, 0) is 19.4 Å². The third-order valence-corrected chi connectivity index (χ3v) is 3.27. The molecule has 1 heterocycles. The monoisotopic (exact) mass is 228 g/mol. The molecule has 1 aromatic heterocycles. The second-order valence-electron chi connectivity index (χ2n) is 3.27. The lowest BCUT2D eigenvalue weighted by Crippen LogP contribution is -2.27. The van der Waals surface area contributed by atoms with E-state index in [0.29, 0.717) is 23.7 Å². The Morgan fingerprint density at radius 3 is 2.67 bits per heavy atom. The zero-order chi connectivity index (χ0) is 11.4. The summed E-state index contributed by atoms with van der Waals surface area (Å²) in [5, 5.41) is 3.34. The van der Waals surface area contributed by atoms with Crippen LogP contribution in [0.2, 0.25) is 0 Å². The van der Waals surface area contributed by atoms with Crippen molar-refractivity contribution in [3.05, 3.63) is 16.0 Å². The predicted molar refractivity (Wildman–Crippen MR) is 62.4 cm³/mol. The maximum Gasteiger partial charge on any atom is 0.254 e. The van der Waals surface area contributed by atoms with Crippen LogP contribution in [0.4, 0.5) is 5.00 Å². The molecule has 0 unspecified atom stereocenters. The fourth-order valence-electron chi connectivity index (χ4n) is 1.29. The minimum absolute atomic E-state index is 0.119. The molecule has 0 aliphatic heterocycles. The smallest absolute Gasteiger partial charge is 0.254 e. The molecule has 15 heavy (non-hydrogen) atoms. The number of nitrogen functional groups attached to an aromatic ring is 1. The highest BCUT2D eigenvalue weighted by Gasteiger charge is 2.16. The fourth-order valence-corrected chi connectivity index (χ4v) is 2.22. The van der Waals surface area contributed by atoms with E-state index in [1.54, 1.807) is 7.11 Å². The van der Waals surface area contributed by atoms with Gasteiger partial charge in [0, 0.05) is 18.5 Å². The molecule has 0 saturated carbocycles. The summed E-state index contributed by atoms with van der Waals surface area (Å²) in [4.78, 5) is 12.8. The van der Waals surface area contributed by atoms with Crippen LogP contribution in [0, 0.1) is 13.8 Å². The molecular formula is C10H16N2O2S. The molecule has 0 aromatic carbocycles. The lowest BCUT2D eigenvalue weighted by molar-refractivity contribution is 0.0937. The molecule has 5 heteroatoms. The van der Waals surface area contributed by atoms with Gasteiger partial charge in [-0.25, -0.2) is 0 Å². The van der Waals surface area contributed by atoms with Gasteiger partial charge in [-0.2, -0.15) is 0 Å². The quantitative estimate of drug-likeness (QED) is 0.764. The molecule has 1 rings (SSSR count). The van der Waals surface area contributed by atoms with Gasteiger partial charge >= 0.3 is 0 Å². The summed E-state index contributed by atoms with van der Waals surface area (Å²) < 4.78 is 4.85. The molecule has 1 amide bonds. The highest BCUT2D eigenvalue weighted by atomic mass is 32.1. The Morgan fingerprint density at radius 2 is 2.20 bits per heavy atom. The molecule has 0 aliphatic rings. The topological polar surface area (TPSA) is 64.3 Å². The minimum Gasteiger partial charge on any atom is -0.390 e. The van der Waals surface area contributed by atoms with Gasteiger partial charge in [0.1, 0.15) is 0 Å². The first-order valence-electron chi connectivity index (χ1n) is 4.70. The number of carbonyl (C=O) groups excluding carboxylic acids is 1. The number of nitrogens with one attached hydrogen (secondary N) is 1. The van der Waals surface area contributed by atoms with Crippen molar-refractivity contribution in [1.82, 2.24) is 5.32 Å². The number of methoxy groups -OCH3 is 1. The van der Waals surface area contributed by atoms with Crippen LogP contribution in [0.1, 0.15) is 20.8 Å². The zero-order valence-electron chi connectivity index (χ0n) is 9.22. The van der Waals surface area contributed by atoms with Gasteiger partial charge in [-0.1, -0.05) is 0 Å². The van der Waals surface area contributed by atoms with Crippen molar-refractivity contribution in [3.8, 4) is 0 Å². The van der Waals surface area contributed by atoms with Gasteiger partial charge in [-0.3, -0.25) is 4.79 Å². The molecule has 0 radical (unpaired) electrons. The summed E-state index contributed by atoms with van der Waals surface area (Å²) in [5.41, 5.74) is 7.34. The van der Waals surface area contributed by atoms with Crippen molar-refractivity contribution in [3.63, 3.8) is 0 Å². The van der Waals surface area contributed by atoms with Gasteiger partial charge in [0.2, 0.25) is 0 Å². The first-order valence-corrected chi connectivity index (χ1v) is 5.52. The Balaban J connectivity index is 2.73. The first-order chi connectivity index (χ1) is 7.07. The van der Waals surface area contributed by atoms with Crippen LogP contribution in [-0.4, -0.2) is 26.2 Å². The molecule has 0 saturated heterocycles. The van der Waals surface area contributed by atoms with Crippen molar-refractivity contribution in [2.24, 2.45) is 0 Å². The van der Waals surface area contributed by atoms with E-state index in [-0.39, 0.29) is 5.91 Å². The van der Waals surface area contributed by atoms with Gasteiger partial charge in [0.05, 0.1) is 17.2 Å². The van der Waals surface area contributed by atoms with Crippen molar-refractivity contribution in [2.45, 2.75) is 13.8 Å². The molecule has 0 fully saturated rings. The second-order valence-corrected chi connectivity index (χ2v) is 4.53. The highest BCUT2D eigenvalue weighted by molar-refractivity contribution is 7.16. The molecule has 0 spiro atoms. The number of hydrogen-bond donors (Lipinski definition) is 2. The van der Waals surface area contributed by atoms with Crippen molar-refractivity contribution in [2.75, 3.05) is 26.0 Å². The number of anilines is 1. The summed E-state index contributed by atoms with van der Waals surface area (Å²) in [6, 6.07) is 0. The van der Waals surface area contributed by atoms with Crippen LogP contribution in [0.15, 0.2) is 0 Å². The number of amides is 1. The number of nitrogens with two attached hydrogens (primary N) is 1. The average Bonchev–Trinajstić information content (AvgIpc) is 2.41. The second kappa shape index (κ2) is 5.14. The van der Waals surface area contributed by atoms with E-state index >= 15 is 0 Å². The minimum atomic E-state index is -0.119. The van der Waals surface area contributed by atoms with Crippen LogP contribution in [0.25, 0.3) is 0 Å². The van der Waals surface area contributed by atoms with E-state index in [4.69, 9.17) is 10.5 Å². The number of thiophene rings is 1. The molecule has 0 aliphatic carbocycles. The molecule has 4 nitrogen and oxygen atoms in total. The SMILES string of the molecule is COCCNC(=O)c1c(N)sc(C)c1C. The largest absolute Gasteiger partial charge is 0.390 e. The lowest BCUT2D eigenvalue weighted by atomic mass is 10.1. The molecule has 84 valence electrons. The van der Waals surface area contributed by atoms with Crippen LogP contribution < -0.4 is 11.1 Å². The summed E-state index contributed by atoms with van der Waals surface area (Å²) in [6.07, 6.45) is 0. The number of aryl methyl sites for hydroxylation is 1. The predicted octanol–water partition coefficient (Wildman–Crippen LogP) is 1.32. The molecule has 1 aromatic rings. The first kappa shape index (κ1) is 12.0. The van der Waals surface area contributed by atoms with Crippen LogP contribution in [0.5, 0.6) is 0 Å². The van der Waals surface area contributed by atoms with Crippen molar-refractivity contribution in [1.29, 1.82) is 0 Å². The Kier molecular flexibility index (Phi) is 4.11. The normalized spacial score (nSPS) is 10.3. The summed E-state index contributed by atoms with van der Waals surface area (Å²) >= 11 is 1.45. The number of hydrogen-bond acceptors (Lipinski definition) is 4. The van der Waals surface area contributed by atoms with E-state index in [1.807, 2.05) is 13.8 Å². The van der Waals surface area contributed by atoms with Gasteiger partial charge in [0.15, 0.2) is 0 Å². The van der Waals surface area contributed by atoms with Gasteiger partial charge in [-0.15, -0.1) is 11.3 Å². The van der Waals surface area contributed by atoms with Gasteiger partial charge in [0.25, 0.3) is 5.91 Å².